The van der Waals surface area contributed by atoms with Gasteiger partial charge in [0.2, 0.25) is 5.95 Å². The van der Waals surface area contributed by atoms with Gasteiger partial charge in [0, 0.05) is 43.5 Å². The Morgan fingerprint density at radius 2 is 1.61 bits per heavy atom. The standard InChI is InChI=1S/C29H28FN7O/c1-38-22-11-7-10-21(18-22)35-14-16-36(17-15-35)29-32-26(23-12-5-6-13-24(23)30)25-27(31)37(34-28(25)33-29)19-20-8-3-2-4-9-20/h2-13,18H,14-17,19,31H2,1H3. The number of nitrogen functional groups attached to an aromatic ring is 1. The molecule has 0 saturated carbocycles. The second kappa shape index (κ2) is 10.0. The van der Waals surface area contributed by atoms with Crippen molar-refractivity contribution in [1.29, 1.82) is 0 Å². The first-order chi connectivity index (χ1) is 18.6. The quantitative estimate of drug-likeness (QED) is 0.358. The number of nitrogens with zero attached hydrogens (tertiary/aromatic N) is 6. The molecule has 1 saturated heterocycles. The Morgan fingerprint density at radius 3 is 2.37 bits per heavy atom. The van der Waals surface area contributed by atoms with E-state index in [-0.39, 0.29) is 5.82 Å². The van der Waals surface area contributed by atoms with Crippen molar-refractivity contribution in [1.82, 2.24) is 19.7 Å². The first-order valence-electron chi connectivity index (χ1n) is 12.6. The lowest BCUT2D eigenvalue weighted by molar-refractivity contribution is 0.414. The van der Waals surface area contributed by atoms with Crippen molar-refractivity contribution in [2.45, 2.75) is 6.54 Å². The zero-order valence-electron chi connectivity index (χ0n) is 21.1. The SMILES string of the molecule is COc1cccc(N2CCN(c3nc(-c4ccccc4F)c4c(N)n(Cc5ccccc5)nc4n3)CC2)c1. The van der Waals surface area contributed by atoms with Crippen LogP contribution in [0.25, 0.3) is 22.3 Å². The maximum absolute atomic E-state index is 15.0. The lowest BCUT2D eigenvalue weighted by Crippen LogP contribution is -2.47. The molecule has 0 unspecified atom stereocenters. The molecule has 2 aromatic heterocycles. The Labute approximate surface area is 220 Å². The average Bonchev–Trinajstić information content (AvgIpc) is 3.28. The lowest BCUT2D eigenvalue weighted by Gasteiger charge is -2.36. The Hall–Kier alpha value is -4.66. The lowest BCUT2D eigenvalue weighted by atomic mass is 10.1. The smallest absolute Gasteiger partial charge is 0.228 e. The Balaban J connectivity index is 1.36. The van der Waals surface area contributed by atoms with Gasteiger partial charge in [-0.15, -0.1) is 5.10 Å². The molecule has 3 heterocycles. The fourth-order valence-electron chi connectivity index (χ4n) is 4.88. The molecule has 3 aromatic carbocycles. The second-order valence-corrected chi connectivity index (χ2v) is 9.25. The Bertz CT molecular complexity index is 1580. The number of rotatable bonds is 6. The van der Waals surface area contributed by atoms with Crippen LogP contribution in [0, 0.1) is 5.82 Å². The average molecular weight is 510 g/mol. The number of ether oxygens (including phenoxy) is 1. The Morgan fingerprint density at radius 1 is 0.868 bits per heavy atom. The molecule has 0 aliphatic carbocycles. The monoisotopic (exact) mass is 509 g/mol. The third kappa shape index (κ3) is 4.47. The highest BCUT2D eigenvalue weighted by Gasteiger charge is 2.25. The van der Waals surface area contributed by atoms with E-state index in [4.69, 9.17) is 25.5 Å². The molecule has 192 valence electrons. The van der Waals surface area contributed by atoms with Crippen LogP contribution < -0.4 is 20.3 Å². The largest absolute Gasteiger partial charge is 0.497 e. The number of hydrogen-bond donors (Lipinski definition) is 1. The van der Waals surface area contributed by atoms with Crippen molar-refractivity contribution >= 4 is 28.5 Å². The van der Waals surface area contributed by atoms with Gasteiger partial charge in [-0.25, -0.2) is 14.1 Å². The van der Waals surface area contributed by atoms with Crippen molar-refractivity contribution in [3.8, 4) is 17.0 Å². The van der Waals surface area contributed by atoms with Crippen LogP contribution >= 0.6 is 0 Å². The van der Waals surface area contributed by atoms with Crippen LogP contribution in [-0.2, 0) is 6.54 Å². The molecule has 8 nitrogen and oxygen atoms in total. The molecule has 0 bridgehead atoms. The van der Waals surface area contributed by atoms with Gasteiger partial charge >= 0.3 is 0 Å². The number of nitrogens with two attached hydrogens (primary N) is 1. The van der Waals surface area contributed by atoms with Crippen molar-refractivity contribution in [3.63, 3.8) is 0 Å². The van der Waals surface area contributed by atoms with Crippen LogP contribution in [-0.4, -0.2) is 53.0 Å². The minimum atomic E-state index is -0.364. The summed E-state index contributed by atoms with van der Waals surface area (Å²) in [6, 6.07) is 24.6. The topological polar surface area (TPSA) is 85.3 Å². The molecular formula is C29H28FN7O. The third-order valence-electron chi connectivity index (χ3n) is 6.91. The zero-order chi connectivity index (χ0) is 26.1. The number of benzene rings is 3. The zero-order valence-corrected chi connectivity index (χ0v) is 21.1. The van der Waals surface area contributed by atoms with Gasteiger partial charge in [-0.1, -0.05) is 48.5 Å². The number of aromatic nitrogens is 4. The molecular weight excluding hydrogens is 481 g/mol. The molecule has 0 atom stereocenters. The first kappa shape index (κ1) is 23.7. The molecule has 0 radical (unpaired) electrons. The van der Waals surface area contributed by atoms with E-state index in [9.17, 15) is 0 Å². The predicted octanol–water partition coefficient (Wildman–Crippen LogP) is 4.60. The number of halogens is 1. The van der Waals surface area contributed by atoms with Crippen LogP contribution in [0.2, 0.25) is 0 Å². The molecule has 1 aliphatic heterocycles. The van der Waals surface area contributed by atoms with Crippen LogP contribution in [0.15, 0.2) is 78.9 Å². The summed E-state index contributed by atoms with van der Waals surface area (Å²) in [5, 5.41) is 5.29. The summed E-state index contributed by atoms with van der Waals surface area (Å²) >= 11 is 0. The van der Waals surface area contributed by atoms with Gasteiger partial charge in [-0.2, -0.15) is 4.98 Å². The summed E-state index contributed by atoms with van der Waals surface area (Å²) < 4.78 is 22.1. The summed E-state index contributed by atoms with van der Waals surface area (Å²) in [6.45, 7) is 3.47. The van der Waals surface area contributed by atoms with Crippen molar-refractivity contribution in [3.05, 3.63) is 90.2 Å². The number of methoxy groups -OCH3 is 1. The van der Waals surface area contributed by atoms with Crippen molar-refractivity contribution in [2.24, 2.45) is 0 Å². The predicted molar refractivity (Wildman–Crippen MR) is 148 cm³/mol. The maximum Gasteiger partial charge on any atom is 0.228 e. The number of fused-ring (bicyclic) bond motifs is 1. The van der Waals surface area contributed by atoms with Crippen LogP contribution in [0.4, 0.5) is 21.8 Å². The normalized spacial score (nSPS) is 13.7. The van der Waals surface area contributed by atoms with Crippen LogP contribution in [0.5, 0.6) is 5.75 Å². The number of anilines is 3. The fourth-order valence-corrected chi connectivity index (χ4v) is 4.88. The molecule has 5 aromatic rings. The maximum atomic E-state index is 15.0. The summed E-state index contributed by atoms with van der Waals surface area (Å²) in [7, 11) is 1.67. The minimum Gasteiger partial charge on any atom is -0.497 e. The fraction of sp³-hybridized carbons (Fsp3) is 0.207. The summed E-state index contributed by atoms with van der Waals surface area (Å²) in [5.74, 6) is 1.40. The minimum absolute atomic E-state index is 0.364. The van der Waals surface area contributed by atoms with Gasteiger partial charge in [0.25, 0.3) is 0 Å². The van der Waals surface area contributed by atoms with E-state index >= 15 is 4.39 Å². The van der Waals surface area contributed by atoms with Crippen LogP contribution in [0.1, 0.15) is 5.56 Å². The third-order valence-corrected chi connectivity index (χ3v) is 6.91. The van der Waals surface area contributed by atoms with Crippen LogP contribution in [0.3, 0.4) is 0 Å². The molecule has 9 heteroatoms. The van der Waals surface area contributed by atoms with Gasteiger partial charge in [-0.3, -0.25) is 0 Å². The van der Waals surface area contributed by atoms with Crippen molar-refractivity contribution < 1.29 is 9.13 Å². The Kier molecular flexibility index (Phi) is 6.25. The number of hydrogen-bond acceptors (Lipinski definition) is 7. The highest BCUT2D eigenvalue weighted by molar-refractivity contribution is 5.99. The highest BCUT2D eigenvalue weighted by atomic mass is 19.1. The second-order valence-electron chi connectivity index (χ2n) is 9.25. The molecule has 38 heavy (non-hydrogen) atoms. The molecule has 1 fully saturated rings. The summed E-state index contributed by atoms with van der Waals surface area (Å²) in [6.07, 6.45) is 0. The van der Waals surface area contributed by atoms with E-state index in [1.165, 1.54) is 6.07 Å². The molecule has 2 N–H and O–H groups in total. The highest BCUT2D eigenvalue weighted by Crippen LogP contribution is 2.34. The molecule has 0 amide bonds. The van der Waals surface area contributed by atoms with Gasteiger partial charge in [0.1, 0.15) is 17.4 Å². The van der Waals surface area contributed by atoms with Gasteiger partial charge < -0.3 is 20.3 Å². The molecule has 1 aliphatic rings. The van der Waals surface area contributed by atoms with E-state index in [2.05, 4.69) is 15.9 Å². The number of piperazine rings is 1. The summed E-state index contributed by atoms with van der Waals surface area (Å²) in [5.41, 5.74) is 10.0. The van der Waals surface area contributed by atoms with E-state index in [1.807, 2.05) is 48.5 Å². The van der Waals surface area contributed by atoms with Gasteiger partial charge in [0.15, 0.2) is 5.65 Å². The summed E-state index contributed by atoms with van der Waals surface area (Å²) in [4.78, 5) is 14.1. The van der Waals surface area contributed by atoms with E-state index in [1.54, 1.807) is 30.0 Å². The first-order valence-corrected chi connectivity index (χ1v) is 12.6. The van der Waals surface area contributed by atoms with E-state index < -0.39 is 0 Å². The van der Waals surface area contributed by atoms with Gasteiger partial charge in [-0.05, 0) is 29.8 Å². The van der Waals surface area contributed by atoms with Crippen molar-refractivity contribution in [2.75, 3.05) is 48.8 Å². The van der Waals surface area contributed by atoms with E-state index in [0.717, 1.165) is 30.1 Å². The molecule has 0 spiro atoms. The van der Waals surface area contributed by atoms with E-state index in [0.29, 0.717) is 53.7 Å². The molecule has 6 rings (SSSR count). The van der Waals surface area contributed by atoms with Gasteiger partial charge in [0.05, 0.1) is 24.7 Å².